The molecule has 0 radical (unpaired) electrons. The number of ether oxygens (including phenoxy) is 1. The summed E-state index contributed by atoms with van der Waals surface area (Å²) in [6.07, 6.45) is 1.56. The van der Waals surface area contributed by atoms with E-state index in [2.05, 4.69) is 27.9 Å². The van der Waals surface area contributed by atoms with E-state index in [9.17, 15) is 10.1 Å². The maximum absolute atomic E-state index is 12.3. The van der Waals surface area contributed by atoms with Gasteiger partial charge in [-0.05, 0) is 78.4 Å². The van der Waals surface area contributed by atoms with Crippen molar-refractivity contribution in [2.75, 3.05) is 11.9 Å². The van der Waals surface area contributed by atoms with Gasteiger partial charge in [-0.15, -0.1) is 0 Å². The number of carbonyl (C=O) groups excluding carboxylic acids is 1. The Hall–Kier alpha value is -2.33. The normalized spacial score (nSPS) is 10.8. The third kappa shape index (κ3) is 5.10. The van der Waals surface area contributed by atoms with Gasteiger partial charge in [0.2, 0.25) is 0 Å². The molecule has 2 aromatic rings. The molecular formula is C19H17IN2O2. The van der Waals surface area contributed by atoms with Crippen LogP contribution in [-0.4, -0.2) is 12.5 Å². The Bertz CT molecular complexity index is 805. The number of hydrogen-bond acceptors (Lipinski definition) is 3. The van der Waals surface area contributed by atoms with Gasteiger partial charge in [0.25, 0.3) is 5.91 Å². The fourth-order valence-electron chi connectivity index (χ4n) is 2.07. The van der Waals surface area contributed by atoms with Crippen LogP contribution in [0.5, 0.6) is 5.75 Å². The molecule has 2 rings (SSSR count). The number of rotatable bonds is 5. The molecule has 0 heterocycles. The van der Waals surface area contributed by atoms with Crippen LogP contribution in [0.2, 0.25) is 0 Å². The number of nitrogens with zero attached hydrogens (tertiary/aromatic N) is 1. The minimum absolute atomic E-state index is 0.0417. The van der Waals surface area contributed by atoms with Gasteiger partial charge in [-0.3, -0.25) is 4.79 Å². The van der Waals surface area contributed by atoms with E-state index >= 15 is 0 Å². The van der Waals surface area contributed by atoms with E-state index in [0.717, 1.165) is 14.7 Å². The van der Waals surface area contributed by atoms with Gasteiger partial charge >= 0.3 is 0 Å². The number of nitrogens with one attached hydrogen (secondary N) is 1. The fraction of sp³-hybridized carbons (Fsp3) is 0.158. The molecule has 0 unspecified atom stereocenters. The highest BCUT2D eigenvalue weighted by Crippen LogP contribution is 2.21. The average Bonchev–Trinajstić information content (AvgIpc) is 2.54. The first kappa shape index (κ1) is 18.0. The zero-order valence-electron chi connectivity index (χ0n) is 13.5. The summed E-state index contributed by atoms with van der Waals surface area (Å²) in [6, 6.07) is 15.0. The highest BCUT2D eigenvalue weighted by Gasteiger charge is 2.10. The summed E-state index contributed by atoms with van der Waals surface area (Å²) in [6.45, 7) is 4.44. The van der Waals surface area contributed by atoms with E-state index < -0.39 is 5.91 Å². The molecule has 0 atom stereocenters. The van der Waals surface area contributed by atoms with Crippen molar-refractivity contribution in [3.8, 4) is 11.8 Å². The van der Waals surface area contributed by atoms with Gasteiger partial charge < -0.3 is 10.1 Å². The van der Waals surface area contributed by atoms with E-state index in [1.807, 2.05) is 50.2 Å². The highest BCUT2D eigenvalue weighted by atomic mass is 127. The lowest BCUT2D eigenvalue weighted by atomic mass is 10.1. The monoisotopic (exact) mass is 432 g/mol. The molecule has 0 saturated carbocycles. The van der Waals surface area contributed by atoms with Crippen LogP contribution in [0.4, 0.5) is 5.69 Å². The van der Waals surface area contributed by atoms with Crippen LogP contribution >= 0.6 is 22.6 Å². The Kier molecular flexibility index (Phi) is 6.38. The van der Waals surface area contributed by atoms with E-state index in [-0.39, 0.29) is 5.57 Å². The minimum Gasteiger partial charge on any atom is -0.494 e. The second kappa shape index (κ2) is 8.50. The fourth-order valence-corrected chi connectivity index (χ4v) is 2.73. The van der Waals surface area contributed by atoms with Crippen LogP contribution in [0.1, 0.15) is 18.1 Å². The van der Waals surface area contributed by atoms with Crippen molar-refractivity contribution in [1.29, 1.82) is 5.26 Å². The number of benzene rings is 2. The van der Waals surface area contributed by atoms with Crippen molar-refractivity contribution >= 4 is 40.3 Å². The molecule has 24 heavy (non-hydrogen) atoms. The second-order valence-corrected chi connectivity index (χ2v) is 6.39. The van der Waals surface area contributed by atoms with Gasteiger partial charge in [0.1, 0.15) is 17.4 Å². The molecule has 1 N–H and O–H groups in total. The van der Waals surface area contributed by atoms with Gasteiger partial charge in [0.15, 0.2) is 0 Å². The summed E-state index contributed by atoms with van der Waals surface area (Å²) >= 11 is 2.18. The van der Waals surface area contributed by atoms with Crippen molar-refractivity contribution in [2.45, 2.75) is 13.8 Å². The lowest BCUT2D eigenvalue weighted by molar-refractivity contribution is -0.112. The third-order valence-corrected chi connectivity index (χ3v) is 3.81. The Morgan fingerprint density at radius 2 is 2.00 bits per heavy atom. The second-order valence-electron chi connectivity index (χ2n) is 5.14. The topological polar surface area (TPSA) is 62.1 Å². The lowest BCUT2D eigenvalue weighted by Gasteiger charge is -2.07. The first-order valence-electron chi connectivity index (χ1n) is 7.45. The molecule has 0 bridgehead atoms. The van der Waals surface area contributed by atoms with E-state index in [4.69, 9.17) is 4.74 Å². The number of carbonyl (C=O) groups is 1. The summed E-state index contributed by atoms with van der Waals surface area (Å²) in [7, 11) is 0. The van der Waals surface area contributed by atoms with Crippen molar-refractivity contribution in [3.05, 3.63) is 62.7 Å². The minimum atomic E-state index is -0.432. The molecule has 0 aliphatic heterocycles. The maximum atomic E-state index is 12.3. The SMILES string of the molecule is CCOc1cc(I)cc(/C=C(\C#N)C(=O)Nc2ccc(C)cc2)c1. The molecule has 0 spiro atoms. The summed E-state index contributed by atoms with van der Waals surface area (Å²) in [5, 5.41) is 12.0. The molecule has 0 fully saturated rings. The van der Waals surface area contributed by atoms with Crippen LogP contribution in [0.25, 0.3) is 6.08 Å². The third-order valence-electron chi connectivity index (χ3n) is 3.19. The largest absolute Gasteiger partial charge is 0.494 e. The Labute approximate surface area is 155 Å². The zero-order chi connectivity index (χ0) is 17.5. The van der Waals surface area contributed by atoms with E-state index in [1.54, 1.807) is 18.2 Å². The summed E-state index contributed by atoms with van der Waals surface area (Å²) in [5.74, 6) is 0.282. The van der Waals surface area contributed by atoms with Crippen molar-refractivity contribution in [2.24, 2.45) is 0 Å². The van der Waals surface area contributed by atoms with Gasteiger partial charge in [0.05, 0.1) is 6.61 Å². The van der Waals surface area contributed by atoms with E-state index in [0.29, 0.717) is 18.0 Å². The van der Waals surface area contributed by atoms with Crippen molar-refractivity contribution in [1.82, 2.24) is 0 Å². The molecule has 4 nitrogen and oxygen atoms in total. The molecule has 122 valence electrons. The standard InChI is InChI=1S/C19H17IN2O2/c1-3-24-18-10-14(9-16(20)11-18)8-15(12-21)19(23)22-17-6-4-13(2)5-7-17/h4-11H,3H2,1-2H3,(H,22,23)/b15-8+. The maximum Gasteiger partial charge on any atom is 0.266 e. The van der Waals surface area contributed by atoms with Gasteiger partial charge in [-0.1, -0.05) is 17.7 Å². The molecule has 0 aliphatic rings. The van der Waals surface area contributed by atoms with E-state index in [1.165, 1.54) is 0 Å². The Morgan fingerprint density at radius 3 is 2.62 bits per heavy atom. The molecule has 0 saturated heterocycles. The zero-order valence-corrected chi connectivity index (χ0v) is 15.6. The summed E-state index contributed by atoms with van der Waals surface area (Å²) in [4.78, 5) is 12.3. The molecule has 2 aromatic carbocycles. The summed E-state index contributed by atoms with van der Waals surface area (Å²) < 4.78 is 6.47. The number of anilines is 1. The summed E-state index contributed by atoms with van der Waals surface area (Å²) in [5.41, 5.74) is 2.55. The Morgan fingerprint density at radius 1 is 1.29 bits per heavy atom. The van der Waals surface area contributed by atoms with Gasteiger partial charge in [-0.2, -0.15) is 5.26 Å². The number of aryl methyl sites for hydroxylation is 1. The number of nitriles is 1. The first-order chi connectivity index (χ1) is 11.5. The molecule has 5 heteroatoms. The lowest BCUT2D eigenvalue weighted by Crippen LogP contribution is -2.13. The number of halogens is 1. The van der Waals surface area contributed by atoms with Gasteiger partial charge in [0, 0.05) is 9.26 Å². The van der Waals surface area contributed by atoms with Crippen LogP contribution in [0, 0.1) is 21.8 Å². The quantitative estimate of drug-likeness (QED) is 0.429. The average molecular weight is 432 g/mol. The highest BCUT2D eigenvalue weighted by molar-refractivity contribution is 14.1. The number of hydrogen-bond donors (Lipinski definition) is 1. The van der Waals surface area contributed by atoms with Crippen LogP contribution in [0.15, 0.2) is 48.0 Å². The molecule has 0 aromatic heterocycles. The van der Waals surface area contributed by atoms with Crippen LogP contribution in [-0.2, 0) is 4.79 Å². The Balaban J connectivity index is 2.23. The van der Waals surface area contributed by atoms with Crippen LogP contribution < -0.4 is 10.1 Å². The van der Waals surface area contributed by atoms with Crippen LogP contribution in [0.3, 0.4) is 0 Å². The van der Waals surface area contributed by atoms with Gasteiger partial charge in [-0.25, -0.2) is 0 Å². The van der Waals surface area contributed by atoms with Crippen molar-refractivity contribution < 1.29 is 9.53 Å². The predicted molar refractivity (Wildman–Crippen MR) is 104 cm³/mol. The first-order valence-corrected chi connectivity index (χ1v) is 8.53. The smallest absolute Gasteiger partial charge is 0.266 e. The molecule has 1 amide bonds. The predicted octanol–water partition coefficient (Wildman–Crippen LogP) is 4.54. The molecular weight excluding hydrogens is 415 g/mol. The van der Waals surface area contributed by atoms with Crippen molar-refractivity contribution in [3.63, 3.8) is 0 Å². The number of amides is 1. The molecule has 0 aliphatic carbocycles.